The predicted molar refractivity (Wildman–Crippen MR) is 78.5 cm³/mol. The number of amides is 1. The molecule has 3 rings (SSSR count). The van der Waals surface area contributed by atoms with E-state index in [0.29, 0.717) is 11.5 Å². The number of benzene rings is 1. The van der Waals surface area contributed by atoms with Crippen LogP contribution in [0.25, 0.3) is 10.6 Å². The smallest absolute Gasteiger partial charge is 0.230 e. The van der Waals surface area contributed by atoms with Gasteiger partial charge in [-0.2, -0.15) is 0 Å². The quantitative estimate of drug-likeness (QED) is 0.732. The molecule has 0 radical (unpaired) electrons. The van der Waals surface area contributed by atoms with E-state index >= 15 is 0 Å². The van der Waals surface area contributed by atoms with Crippen LogP contribution in [0.5, 0.6) is 0 Å². The van der Waals surface area contributed by atoms with Gasteiger partial charge in [-0.1, -0.05) is 11.2 Å². The van der Waals surface area contributed by atoms with Gasteiger partial charge in [0.1, 0.15) is 0 Å². The summed E-state index contributed by atoms with van der Waals surface area (Å²) in [5.74, 6) is -4.51. The largest absolute Gasteiger partial charge is 0.355 e. The summed E-state index contributed by atoms with van der Waals surface area (Å²) in [6.07, 6.45) is -0.187. The standard InChI is InChI=1S/C15H9F3N2O2S/c16-9-3-4-10(15(18)14(9)17)19-13(21)7-8-6-11(22-20-8)12-2-1-5-23-12/h1-6H,7H2,(H,19,21). The lowest BCUT2D eigenvalue weighted by Gasteiger charge is -2.06. The lowest BCUT2D eigenvalue weighted by molar-refractivity contribution is -0.115. The van der Waals surface area contributed by atoms with Crippen molar-refractivity contribution in [3.63, 3.8) is 0 Å². The van der Waals surface area contributed by atoms with E-state index in [1.807, 2.05) is 17.5 Å². The second-order valence-corrected chi connectivity index (χ2v) is 5.56. The molecular formula is C15H9F3N2O2S. The van der Waals surface area contributed by atoms with Gasteiger partial charge in [0.25, 0.3) is 0 Å². The molecule has 0 unspecified atom stereocenters. The molecule has 8 heteroatoms. The lowest BCUT2D eigenvalue weighted by atomic mass is 10.2. The van der Waals surface area contributed by atoms with Crippen LogP contribution in [-0.2, 0) is 11.2 Å². The zero-order valence-corrected chi connectivity index (χ0v) is 12.3. The molecule has 0 spiro atoms. The number of hydrogen-bond donors (Lipinski definition) is 1. The number of rotatable bonds is 4. The number of nitrogens with one attached hydrogen (secondary N) is 1. The molecule has 1 amide bonds. The molecule has 23 heavy (non-hydrogen) atoms. The predicted octanol–water partition coefficient (Wildman–Crippen LogP) is 4.00. The summed E-state index contributed by atoms with van der Waals surface area (Å²) in [7, 11) is 0. The van der Waals surface area contributed by atoms with E-state index in [1.165, 1.54) is 11.3 Å². The Hall–Kier alpha value is -2.61. The summed E-state index contributed by atoms with van der Waals surface area (Å²) in [4.78, 5) is 12.7. The number of hydrogen-bond acceptors (Lipinski definition) is 4. The van der Waals surface area contributed by atoms with Gasteiger partial charge in [0, 0.05) is 6.07 Å². The SMILES string of the molecule is O=C(Cc1cc(-c2cccs2)on1)Nc1ccc(F)c(F)c1F. The van der Waals surface area contributed by atoms with Crippen molar-refractivity contribution in [2.75, 3.05) is 5.32 Å². The van der Waals surface area contributed by atoms with Crippen LogP contribution >= 0.6 is 11.3 Å². The van der Waals surface area contributed by atoms with Crippen LogP contribution in [0.15, 0.2) is 40.2 Å². The maximum Gasteiger partial charge on any atom is 0.230 e. The Bertz CT molecular complexity index is 847. The summed E-state index contributed by atoms with van der Waals surface area (Å²) in [6.45, 7) is 0. The Morgan fingerprint density at radius 3 is 2.78 bits per heavy atom. The van der Waals surface area contributed by atoms with Gasteiger partial charge in [-0.25, -0.2) is 13.2 Å². The second-order valence-electron chi connectivity index (χ2n) is 4.61. The third-order valence-electron chi connectivity index (χ3n) is 2.97. The van der Waals surface area contributed by atoms with Crippen LogP contribution in [0, 0.1) is 17.5 Å². The van der Waals surface area contributed by atoms with Crippen LogP contribution in [0.4, 0.5) is 18.9 Å². The van der Waals surface area contributed by atoms with Crippen molar-refractivity contribution in [3.8, 4) is 10.6 Å². The summed E-state index contributed by atoms with van der Waals surface area (Å²) >= 11 is 1.45. The topological polar surface area (TPSA) is 55.1 Å². The van der Waals surface area contributed by atoms with Crippen LogP contribution in [-0.4, -0.2) is 11.1 Å². The molecule has 3 aromatic rings. The Morgan fingerprint density at radius 2 is 2.04 bits per heavy atom. The van der Waals surface area contributed by atoms with Gasteiger partial charge >= 0.3 is 0 Å². The number of carbonyl (C=O) groups is 1. The van der Waals surface area contributed by atoms with Gasteiger partial charge in [-0.15, -0.1) is 11.3 Å². The van der Waals surface area contributed by atoms with E-state index in [0.717, 1.165) is 17.0 Å². The molecule has 0 saturated carbocycles. The van der Waals surface area contributed by atoms with Gasteiger partial charge in [0.15, 0.2) is 23.2 Å². The van der Waals surface area contributed by atoms with E-state index in [4.69, 9.17) is 4.52 Å². The van der Waals surface area contributed by atoms with Crippen molar-refractivity contribution in [2.24, 2.45) is 0 Å². The molecule has 0 atom stereocenters. The highest BCUT2D eigenvalue weighted by atomic mass is 32.1. The van der Waals surface area contributed by atoms with Crippen molar-refractivity contribution in [1.29, 1.82) is 0 Å². The first-order chi connectivity index (χ1) is 11.0. The van der Waals surface area contributed by atoms with Crippen molar-refractivity contribution in [1.82, 2.24) is 5.16 Å². The fraction of sp³-hybridized carbons (Fsp3) is 0.0667. The normalized spacial score (nSPS) is 10.7. The molecule has 1 N–H and O–H groups in total. The summed E-state index contributed by atoms with van der Waals surface area (Å²) in [5, 5.41) is 7.79. The van der Waals surface area contributed by atoms with Gasteiger partial charge < -0.3 is 9.84 Å². The van der Waals surface area contributed by atoms with Crippen molar-refractivity contribution < 1.29 is 22.5 Å². The number of nitrogens with zero attached hydrogens (tertiary/aromatic N) is 1. The molecule has 0 saturated heterocycles. The highest BCUT2D eigenvalue weighted by Crippen LogP contribution is 2.25. The minimum Gasteiger partial charge on any atom is -0.355 e. The summed E-state index contributed by atoms with van der Waals surface area (Å²) in [5.41, 5.74) is -0.0928. The summed E-state index contributed by atoms with van der Waals surface area (Å²) in [6, 6.07) is 6.96. The van der Waals surface area contributed by atoms with Gasteiger partial charge in [0.05, 0.1) is 22.7 Å². The average Bonchev–Trinajstić information content (AvgIpc) is 3.19. The average molecular weight is 338 g/mol. The van der Waals surface area contributed by atoms with Crippen molar-refractivity contribution >= 4 is 22.9 Å². The molecule has 0 aliphatic carbocycles. The number of thiophene rings is 1. The second kappa shape index (κ2) is 6.25. The first-order valence-corrected chi connectivity index (χ1v) is 7.35. The Kier molecular flexibility index (Phi) is 4.16. The highest BCUT2D eigenvalue weighted by molar-refractivity contribution is 7.13. The zero-order chi connectivity index (χ0) is 16.4. The molecule has 118 valence electrons. The zero-order valence-electron chi connectivity index (χ0n) is 11.5. The monoisotopic (exact) mass is 338 g/mol. The number of carbonyl (C=O) groups excluding carboxylic acids is 1. The molecule has 0 bridgehead atoms. The minimum atomic E-state index is -1.63. The van der Waals surface area contributed by atoms with Gasteiger partial charge in [-0.05, 0) is 23.6 Å². The Balaban J connectivity index is 1.69. The van der Waals surface area contributed by atoms with Crippen LogP contribution < -0.4 is 5.32 Å². The molecule has 4 nitrogen and oxygen atoms in total. The first kappa shape index (κ1) is 15.3. The van der Waals surface area contributed by atoms with Crippen molar-refractivity contribution in [2.45, 2.75) is 6.42 Å². The number of halogens is 3. The third-order valence-corrected chi connectivity index (χ3v) is 3.86. The fourth-order valence-electron chi connectivity index (χ4n) is 1.91. The number of aromatic nitrogens is 1. The van der Waals surface area contributed by atoms with E-state index in [-0.39, 0.29) is 6.42 Å². The molecule has 0 aliphatic rings. The fourth-order valence-corrected chi connectivity index (χ4v) is 2.58. The molecule has 2 aromatic heterocycles. The lowest BCUT2D eigenvalue weighted by Crippen LogP contribution is -2.16. The van der Waals surface area contributed by atoms with Gasteiger partial charge in [-0.3, -0.25) is 4.79 Å². The molecular weight excluding hydrogens is 329 g/mol. The van der Waals surface area contributed by atoms with E-state index in [2.05, 4.69) is 10.5 Å². The highest BCUT2D eigenvalue weighted by Gasteiger charge is 2.16. The van der Waals surface area contributed by atoms with Crippen LogP contribution in [0.3, 0.4) is 0 Å². The first-order valence-electron chi connectivity index (χ1n) is 6.47. The van der Waals surface area contributed by atoms with E-state index in [9.17, 15) is 18.0 Å². The molecule has 0 fully saturated rings. The van der Waals surface area contributed by atoms with Crippen LogP contribution in [0.1, 0.15) is 5.69 Å². The van der Waals surface area contributed by atoms with Gasteiger partial charge in [0.2, 0.25) is 5.91 Å². The summed E-state index contributed by atoms with van der Waals surface area (Å²) < 4.78 is 44.5. The third kappa shape index (κ3) is 3.26. The van der Waals surface area contributed by atoms with Crippen molar-refractivity contribution in [3.05, 3.63) is 58.9 Å². The van der Waals surface area contributed by atoms with E-state index < -0.39 is 29.0 Å². The molecule has 2 heterocycles. The maximum atomic E-state index is 13.5. The Labute approximate surface area is 132 Å². The number of anilines is 1. The van der Waals surface area contributed by atoms with E-state index in [1.54, 1.807) is 6.07 Å². The Morgan fingerprint density at radius 1 is 1.22 bits per heavy atom. The molecule has 0 aliphatic heterocycles. The maximum absolute atomic E-state index is 13.5. The van der Waals surface area contributed by atoms with Crippen LogP contribution in [0.2, 0.25) is 0 Å². The molecule has 1 aromatic carbocycles. The minimum absolute atomic E-state index is 0.187.